The van der Waals surface area contributed by atoms with Crippen LogP contribution in [0, 0.1) is 0 Å². The van der Waals surface area contributed by atoms with Gasteiger partial charge in [-0.2, -0.15) is 0 Å². The zero-order chi connectivity index (χ0) is 16.8. The summed E-state index contributed by atoms with van der Waals surface area (Å²) in [5.74, 6) is -0.629. The largest absolute Gasteiger partial charge is 0.383 e. The Labute approximate surface area is 130 Å². The Bertz CT molecular complexity index is 642. The van der Waals surface area contributed by atoms with Crippen LogP contribution in [0.15, 0.2) is 24.3 Å². The Hall–Kier alpha value is -1.93. The van der Waals surface area contributed by atoms with E-state index in [2.05, 4.69) is 5.32 Å². The average molecular weight is 328 g/mol. The normalized spacial score (nSPS) is 11.0. The van der Waals surface area contributed by atoms with Crippen molar-refractivity contribution in [2.24, 2.45) is 0 Å². The van der Waals surface area contributed by atoms with Crippen molar-refractivity contribution in [1.82, 2.24) is 5.32 Å². The molecular weight excluding hydrogens is 308 g/mol. The first kappa shape index (κ1) is 18.1. The zero-order valence-electron chi connectivity index (χ0n) is 12.8. The molecule has 0 heterocycles. The van der Waals surface area contributed by atoms with Gasteiger partial charge in [-0.1, -0.05) is 12.1 Å². The van der Waals surface area contributed by atoms with Crippen molar-refractivity contribution in [2.75, 3.05) is 37.4 Å². The van der Waals surface area contributed by atoms with Crippen molar-refractivity contribution in [3.05, 3.63) is 29.8 Å². The summed E-state index contributed by atoms with van der Waals surface area (Å²) in [5, 5.41) is 2.56. The molecule has 1 N–H and O–H groups in total. The fraction of sp³-hybridized carbons (Fsp3) is 0.429. The molecule has 0 aliphatic heterocycles. The van der Waals surface area contributed by atoms with Crippen LogP contribution < -0.4 is 9.62 Å². The van der Waals surface area contributed by atoms with Gasteiger partial charge >= 0.3 is 0 Å². The molecule has 0 fully saturated rings. The molecule has 0 aliphatic carbocycles. The number of anilines is 1. The van der Waals surface area contributed by atoms with Crippen LogP contribution in [-0.2, 0) is 19.6 Å². The second-order valence-electron chi connectivity index (χ2n) is 4.72. The Kier molecular flexibility index (Phi) is 6.51. The first-order valence-corrected chi connectivity index (χ1v) is 8.45. The summed E-state index contributed by atoms with van der Waals surface area (Å²) in [4.78, 5) is 23.2. The van der Waals surface area contributed by atoms with Gasteiger partial charge in [-0.3, -0.25) is 13.9 Å². The summed E-state index contributed by atoms with van der Waals surface area (Å²) in [6.07, 6.45) is 1.01. The van der Waals surface area contributed by atoms with Crippen molar-refractivity contribution >= 4 is 27.4 Å². The van der Waals surface area contributed by atoms with Crippen molar-refractivity contribution in [2.45, 2.75) is 6.92 Å². The molecule has 0 bridgehead atoms. The van der Waals surface area contributed by atoms with Gasteiger partial charge in [0.05, 0.1) is 18.6 Å². The maximum atomic E-state index is 11.9. The lowest BCUT2D eigenvalue weighted by Crippen LogP contribution is -2.41. The highest BCUT2D eigenvalue weighted by Crippen LogP contribution is 2.19. The molecule has 0 aromatic heterocycles. The summed E-state index contributed by atoms with van der Waals surface area (Å²) in [6, 6.07) is 6.15. The highest BCUT2D eigenvalue weighted by molar-refractivity contribution is 7.92. The molecule has 0 radical (unpaired) electrons. The van der Waals surface area contributed by atoms with E-state index in [1.165, 1.54) is 26.2 Å². The number of methoxy groups -OCH3 is 1. The molecular formula is C14H20N2O5S. The lowest BCUT2D eigenvalue weighted by atomic mass is 10.1. The van der Waals surface area contributed by atoms with E-state index < -0.39 is 15.9 Å². The summed E-state index contributed by atoms with van der Waals surface area (Å²) in [6.45, 7) is 1.66. The number of carbonyl (C=O) groups is 2. The number of nitrogens with zero attached hydrogens (tertiary/aromatic N) is 1. The first-order valence-electron chi connectivity index (χ1n) is 6.60. The van der Waals surface area contributed by atoms with Crippen LogP contribution >= 0.6 is 0 Å². The van der Waals surface area contributed by atoms with E-state index in [4.69, 9.17) is 4.74 Å². The fourth-order valence-electron chi connectivity index (χ4n) is 1.76. The quantitative estimate of drug-likeness (QED) is 0.551. The molecule has 1 rings (SSSR count). The van der Waals surface area contributed by atoms with Gasteiger partial charge in [0, 0.05) is 19.2 Å². The molecule has 0 aliphatic rings. The molecule has 0 saturated heterocycles. The highest BCUT2D eigenvalue weighted by Gasteiger charge is 2.21. The Morgan fingerprint density at radius 3 is 2.55 bits per heavy atom. The monoisotopic (exact) mass is 328 g/mol. The van der Waals surface area contributed by atoms with Crippen LogP contribution in [0.5, 0.6) is 0 Å². The number of hydrogen-bond donors (Lipinski definition) is 1. The molecule has 7 nitrogen and oxygen atoms in total. The third-order valence-corrected chi connectivity index (χ3v) is 4.00. The van der Waals surface area contributed by atoms with Crippen LogP contribution in [-0.4, -0.2) is 53.2 Å². The van der Waals surface area contributed by atoms with Gasteiger partial charge < -0.3 is 10.1 Å². The molecule has 0 unspecified atom stereocenters. The number of hydrogen-bond acceptors (Lipinski definition) is 5. The van der Waals surface area contributed by atoms with Gasteiger partial charge in [0.1, 0.15) is 6.54 Å². The topological polar surface area (TPSA) is 92.8 Å². The van der Waals surface area contributed by atoms with Crippen LogP contribution in [0.4, 0.5) is 5.69 Å². The van der Waals surface area contributed by atoms with Crippen LogP contribution in [0.2, 0.25) is 0 Å². The van der Waals surface area contributed by atoms with E-state index in [9.17, 15) is 18.0 Å². The SMILES string of the molecule is COCCNC(=O)CN(c1cccc(C(C)=O)c1)S(C)(=O)=O. The minimum Gasteiger partial charge on any atom is -0.383 e. The van der Waals surface area contributed by atoms with Gasteiger partial charge in [0.25, 0.3) is 0 Å². The van der Waals surface area contributed by atoms with Crippen molar-refractivity contribution in [1.29, 1.82) is 0 Å². The summed E-state index contributed by atoms with van der Waals surface area (Å²) in [7, 11) is -2.15. The molecule has 0 saturated carbocycles. The third-order valence-electron chi connectivity index (χ3n) is 2.86. The highest BCUT2D eigenvalue weighted by atomic mass is 32.2. The summed E-state index contributed by atoms with van der Waals surface area (Å²) < 4.78 is 29.6. The van der Waals surface area contributed by atoms with E-state index in [0.29, 0.717) is 18.7 Å². The average Bonchev–Trinajstić information content (AvgIpc) is 2.44. The predicted octanol–water partition coefficient (Wildman–Crippen LogP) is 0.418. The number of amides is 1. The predicted molar refractivity (Wildman–Crippen MR) is 83.5 cm³/mol. The molecule has 22 heavy (non-hydrogen) atoms. The maximum absolute atomic E-state index is 11.9. The lowest BCUT2D eigenvalue weighted by Gasteiger charge is -2.22. The van der Waals surface area contributed by atoms with Gasteiger partial charge in [0.2, 0.25) is 15.9 Å². The van der Waals surface area contributed by atoms with Crippen LogP contribution in [0.1, 0.15) is 17.3 Å². The van der Waals surface area contributed by atoms with Crippen molar-refractivity contribution in [3.8, 4) is 0 Å². The van der Waals surface area contributed by atoms with E-state index in [-0.39, 0.29) is 18.0 Å². The van der Waals surface area contributed by atoms with Crippen LogP contribution in [0.3, 0.4) is 0 Å². The standard InChI is InChI=1S/C14H20N2O5S/c1-11(17)12-5-4-6-13(9-12)16(22(3,19)20)10-14(18)15-7-8-21-2/h4-6,9H,7-8,10H2,1-3H3,(H,15,18). The van der Waals surface area contributed by atoms with E-state index in [0.717, 1.165) is 10.6 Å². The number of sulfonamides is 1. The summed E-state index contributed by atoms with van der Waals surface area (Å²) in [5.41, 5.74) is 0.656. The third kappa shape index (κ3) is 5.45. The molecule has 122 valence electrons. The Morgan fingerprint density at radius 2 is 2.00 bits per heavy atom. The van der Waals surface area contributed by atoms with E-state index in [1.807, 2.05) is 0 Å². The lowest BCUT2D eigenvalue weighted by molar-refractivity contribution is -0.119. The fourth-order valence-corrected chi connectivity index (χ4v) is 2.61. The minimum atomic E-state index is -3.66. The van der Waals surface area contributed by atoms with Gasteiger partial charge in [-0.15, -0.1) is 0 Å². The second kappa shape index (κ2) is 7.90. The van der Waals surface area contributed by atoms with Crippen molar-refractivity contribution < 1.29 is 22.7 Å². The Balaban J connectivity index is 2.97. The number of rotatable bonds is 8. The van der Waals surface area contributed by atoms with E-state index in [1.54, 1.807) is 12.1 Å². The number of ether oxygens (including phenoxy) is 1. The van der Waals surface area contributed by atoms with E-state index >= 15 is 0 Å². The van der Waals surface area contributed by atoms with Gasteiger partial charge in [-0.05, 0) is 19.1 Å². The molecule has 1 aromatic rings. The number of Topliss-reactive ketones (excluding diaryl/α,β-unsaturated/α-hetero) is 1. The summed E-state index contributed by atoms with van der Waals surface area (Å²) >= 11 is 0. The van der Waals surface area contributed by atoms with Gasteiger partial charge in [-0.25, -0.2) is 8.42 Å². The Morgan fingerprint density at radius 1 is 1.32 bits per heavy atom. The molecule has 0 spiro atoms. The molecule has 8 heteroatoms. The maximum Gasteiger partial charge on any atom is 0.240 e. The van der Waals surface area contributed by atoms with Gasteiger partial charge in [0.15, 0.2) is 5.78 Å². The number of carbonyl (C=O) groups excluding carboxylic acids is 2. The van der Waals surface area contributed by atoms with Crippen molar-refractivity contribution in [3.63, 3.8) is 0 Å². The second-order valence-corrected chi connectivity index (χ2v) is 6.63. The number of ketones is 1. The minimum absolute atomic E-state index is 0.181. The first-order chi connectivity index (χ1) is 10.3. The zero-order valence-corrected chi connectivity index (χ0v) is 13.6. The number of benzene rings is 1. The molecule has 1 aromatic carbocycles. The smallest absolute Gasteiger partial charge is 0.240 e. The molecule has 1 amide bonds. The van der Waals surface area contributed by atoms with Crippen LogP contribution in [0.25, 0.3) is 0 Å². The molecule has 0 atom stereocenters. The number of nitrogens with one attached hydrogen (secondary N) is 1.